The minimum absolute atomic E-state index is 0.0679. The normalized spacial score (nSPS) is 13.5. The minimum Gasteiger partial charge on any atom is -0.465 e. The number of piperazine rings is 1. The van der Waals surface area contributed by atoms with Crippen LogP contribution in [0.15, 0.2) is 54.6 Å². The number of ether oxygens (including phenoxy) is 1. The number of carbonyl (C=O) groups is 2. The molecule has 0 radical (unpaired) electrons. The Bertz CT molecular complexity index is 1200. The Morgan fingerprint density at radius 3 is 2.24 bits per heavy atom. The third-order valence-corrected chi connectivity index (χ3v) is 7.34. The van der Waals surface area contributed by atoms with E-state index in [2.05, 4.69) is 15.1 Å². The smallest absolute Gasteiger partial charge is 0.341 e. The zero-order chi connectivity index (χ0) is 24.2. The van der Waals surface area contributed by atoms with Crippen molar-refractivity contribution in [3.63, 3.8) is 0 Å². The number of carbonyl (C=O) groups excluding carboxylic acids is 2. The van der Waals surface area contributed by atoms with Gasteiger partial charge in [-0.15, -0.1) is 11.3 Å². The Balaban J connectivity index is 1.47. The molecule has 2 heterocycles. The van der Waals surface area contributed by atoms with Crippen LogP contribution in [0.3, 0.4) is 0 Å². The highest BCUT2D eigenvalue weighted by Crippen LogP contribution is 2.40. The fourth-order valence-corrected chi connectivity index (χ4v) is 5.55. The van der Waals surface area contributed by atoms with Crippen LogP contribution in [-0.4, -0.2) is 55.1 Å². The highest BCUT2D eigenvalue weighted by Gasteiger charge is 2.26. The van der Waals surface area contributed by atoms with E-state index >= 15 is 0 Å². The lowest BCUT2D eigenvalue weighted by molar-refractivity contribution is 0.0603. The van der Waals surface area contributed by atoms with E-state index in [1.54, 1.807) is 6.92 Å². The summed E-state index contributed by atoms with van der Waals surface area (Å²) in [6, 6.07) is 17.6. The van der Waals surface area contributed by atoms with Gasteiger partial charge < -0.3 is 19.9 Å². The Morgan fingerprint density at radius 1 is 1.00 bits per heavy atom. The zero-order valence-corrected chi connectivity index (χ0v) is 21.1. The van der Waals surface area contributed by atoms with Crippen molar-refractivity contribution < 1.29 is 14.3 Å². The van der Waals surface area contributed by atoms with Crippen molar-refractivity contribution in [2.75, 3.05) is 43.5 Å². The van der Waals surface area contributed by atoms with Gasteiger partial charge in [0.05, 0.1) is 7.11 Å². The van der Waals surface area contributed by atoms with Crippen LogP contribution in [0.1, 0.15) is 32.5 Å². The molecule has 1 aliphatic rings. The van der Waals surface area contributed by atoms with E-state index in [0.717, 1.165) is 53.4 Å². The predicted octanol–water partition coefficient (Wildman–Crippen LogP) is 5.23. The van der Waals surface area contributed by atoms with E-state index in [1.807, 2.05) is 61.5 Å². The average Bonchev–Trinajstić information content (AvgIpc) is 3.19. The molecule has 1 fully saturated rings. The molecule has 0 atom stereocenters. The van der Waals surface area contributed by atoms with Gasteiger partial charge in [-0.25, -0.2) is 4.79 Å². The predicted molar refractivity (Wildman–Crippen MR) is 142 cm³/mol. The van der Waals surface area contributed by atoms with Crippen molar-refractivity contribution >= 4 is 51.1 Å². The molecule has 0 aliphatic carbocycles. The lowest BCUT2D eigenvalue weighted by Gasteiger charge is -2.37. The number of esters is 1. The van der Waals surface area contributed by atoms with Crippen LogP contribution < -0.4 is 10.2 Å². The van der Waals surface area contributed by atoms with Gasteiger partial charge in [-0.1, -0.05) is 30.3 Å². The number of nitrogens with zero attached hydrogens (tertiary/aromatic N) is 2. The maximum atomic E-state index is 12.7. The first-order valence-electron chi connectivity index (χ1n) is 11.1. The number of hydrogen-bond donors (Lipinski definition) is 1. The lowest BCUT2D eigenvalue weighted by atomic mass is 10.0. The number of methoxy groups -OCH3 is 1. The molecule has 176 valence electrons. The summed E-state index contributed by atoms with van der Waals surface area (Å²) in [5.74, 6) is -0.314. The van der Waals surface area contributed by atoms with Crippen molar-refractivity contribution in [1.82, 2.24) is 4.90 Å². The SMILES string of the molecule is COC(=O)c1c(NC(=S)N2CCN(c3ccc(C(C)=O)cc3)CC2)sc(C)c1-c1ccccc1. The fourth-order valence-electron chi connectivity index (χ4n) is 4.13. The molecule has 8 heteroatoms. The monoisotopic (exact) mass is 493 g/mol. The maximum Gasteiger partial charge on any atom is 0.341 e. The van der Waals surface area contributed by atoms with Crippen LogP contribution in [0.5, 0.6) is 0 Å². The van der Waals surface area contributed by atoms with E-state index in [9.17, 15) is 9.59 Å². The molecule has 1 aliphatic heterocycles. The van der Waals surface area contributed by atoms with E-state index in [1.165, 1.54) is 18.4 Å². The van der Waals surface area contributed by atoms with Crippen LogP contribution in [0.2, 0.25) is 0 Å². The summed E-state index contributed by atoms with van der Waals surface area (Å²) in [6.07, 6.45) is 0. The van der Waals surface area contributed by atoms with Gasteiger partial charge in [-0.05, 0) is 55.9 Å². The molecule has 6 nitrogen and oxygen atoms in total. The summed E-state index contributed by atoms with van der Waals surface area (Å²) in [6.45, 7) is 6.70. The van der Waals surface area contributed by atoms with Crippen LogP contribution >= 0.6 is 23.6 Å². The summed E-state index contributed by atoms with van der Waals surface area (Å²) in [5, 5.41) is 4.62. The Labute approximate surface area is 209 Å². The van der Waals surface area contributed by atoms with Gasteiger partial charge >= 0.3 is 5.97 Å². The topological polar surface area (TPSA) is 61.9 Å². The van der Waals surface area contributed by atoms with Crippen LogP contribution in [-0.2, 0) is 4.74 Å². The molecule has 0 spiro atoms. The van der Waals surface area contributed by atoms with Crippen molar-refractivity contribution in [1.29, 1.82) is 0 Å². The van der Waals surface area contributed by atoms with Crippen LogP contribution in [0.4, 0.5) is 10.7 Å². The zero-order valence-electron chi connectivity index (χ0n) is 19.5. The van der Waals surface area contributed by atoms with Gasteiger partial charge in [0.1, 0.15) is 10.6 Å². The van der Waals surface area contributed by atoms with Crippen molar-refractivity contribution in [2.24, 2.45) is 0 Å². The molecule has 0 saturated carbocycles. The summed E-state index contributed by atoms with van der Waals surface area (Å²) in [4.78, 5) is 29.7. The van der Waals surface area contributed by atoms with Gasteiger partial charge in [0.2, 0.25) is 0 Å². The molecular weight excluding hydrogens is 466 g/mol. The van der Waals surface area contributed by atoms with Gasteiger partial charge in [-0.2, -0.15) is 0 Å². The second-order valence-corrected chi connectivity index (χ2v) is 9.71. The Kier molecular flexibility index (Phi) is 7.29. The number of nitrogens with one attached hydrogen (secondary N) is 1. The molecule has 3 aromatic rings. The molecule has 2 aromatic carbocycles. The lowest BCUT2D eigenvalue weighted by Crippen LogP contribution is -2.50. The van der Waals surface area contributed by atoms with Crippen molar-refractivity contribution in [2.45, 2.75) is 13.8 Å². The highest BCUT2D eigenvalue weighted by molar-refractivity contribution is 7.80. The number of thiocarbonyl (C=S) groups is 1. The summed E-state index contributed by atoms with van der Waals surface area (Å²) < 4.78 is 5.11. The van der Waals surface area contributed by atoms with Crippen LogP contribution in [0, 0.1) is 6.92 Å². The molecule has 0 amide bonds. The molecule has 1 aromatic heterocycles. The molecule has 0 bridgehead atoms. The minimum atomic E-state index is -0.382. The summed E-state index contributed by atoms with van der Waals surface area (Å²) >= 11 is 7.23. The molecule has 34 heavy (non-hydrogen) atoms. The first kappa shape index (κ1) is 23.9. The summed E-state index contributed by atoms with van der Waals surface area (Å²) in [7, 11) is 1.40. The van der Waals surface area contributed by atoms with Gasteiger partial charge in [0.15, 0.2) is 10.9 Å². The Morgan fingerprint density at radius 2 is 1.65 bits per heavy atom. The van der Waals surface area contributed by atoms with Crippen molar-refractivity contribution in [3.05, 3.63) is 70.6 Å². The number of Topliss-reactive ketones (excluding diaryl/α,β-unsaturated/α-hetero) is 1. The number of aryl methyl sites for hydroxylation is 1. The summed E-state index contributed by atoms with van der Waals surface area (Å²) in [5.41, 5.74) is 4.18. The Hall–Kier alpha value is -3.23. The van der Waals surface area contributed by atoms with Gasteiger partial charge in [-0.3, -0.25) is 4.79 Å². The maximum absolute atomic E-state index is 12.7. The number of anilines is 2. The van der Waals surface area contributed by atoms with Gasteiger partial charge in [0, 0.05) is 47.9 Å². The van der Waals surface area contributed by atoms with Gasteiger partial charge in [0.25, 0.3) is 0 Å². The highest BCUT2D eigenvalue weighted by atomic mass is 32.1. The van der Waals surface area contributed by atoms with Crippen molar-refractivity contribution in [3.8, 4) is 11.1 Å². The number of thiophene rings is 1. The average molecular weight is 494 g/mol. The number of benzene rings is 2. The second-order valence-electron chi connectivity index (χ2n) is 8.10. The first-order chi connectivity index (χ1) is 16.4. The third kappa shape index (κ3) is 4.98. The number of ketones is 1. The molecular formula is C26H27N3O3S2. The first-order valence-corrected chi connectivity index (χ1v) is 12.3. The molecule has 1 saturated heterocycles. The quantitative estimate of drug-likeness (QED) is 0.297. The van der Waals surface area contributed by atoms with E-state index in [0.29, 0.717) is 15.7 Å². The van der Waals surface area contributed by atoms with E-state index in [-0.39, 0.29) is 11.8 Å². The third-order valence-electron chi connectivity index (χ3n) is 5.96. The largest absolute Gasteiger partial charge is 0.465 e. The molecule has 4 rings (SSSR count). The fraction of sp³-hybridized carbons (Fsp3) is 0.269. The number of rotatable bonds is 5. The molecule has 1 N–H and O–H groups in total. The van der Waals surface area contributed by atoms with E-state index < -0.39 is 0 Å². The van der Waals surface area contributed by atoms with E-state index in [4.69, 9.17) is 17.0 Å². The molecule has 0 unspecified atom stereocenters. The van der Waals surface area contributed by atoms with Crippen LogP contribution in [0.25, 0.3) is 11.1 Å². The standard InChI is InChI=1S/C26H27N3O3S2/c1-17(30)19-9-11-21(12-10-19)28-13-15-29(16-14-28)26(33)27-24-23(25(31)32-3)22(18(2)34-24)20-7-5-4-6-8-20/h4-12H,13-16H2,1-3H3,(H,27,33). The number of hydrogen-bond acceptors (Lipinski definition) is 6. The second kappa shape index (κ2) is 10.4.